The molecule has 1 aromatic carbocycles. The second-order valence-corrected chi connectivity index (χ2v) is 8.35. The molecule has 1 N–H and O–H groups in total. The normalized spacial score (nSPS) is 17.5. The van der Waals surface area contributed by atoms with Gasteiger partial charge in [-0.2, -0.15) is 0 Å². The average Bonchev–Trinajstić information content (AvgIpc) is 2.54. The molecule has 0 atom stereocenters. The van der Waals surface area contributed by atoms with E-state index in [9.17, 15) is 13.2 Å². The van der Waals surface area contributed by atoms with Gasteiger partial charge in [-0.3, -0.25) is 4.79 Å². The van der Waals surface area contributed by atoms with Gasteiger partial charge in [0.1, 0.15) is 5.75 Å². The van der Waals surface area contributed by atoms with Crippen molar-refractivity contribution >= 4 is 15.7 Å². The van der Waals surface area contributed by atoms with Crippen molar-refractivity contribution in [1.82, 2.24) is 10.2 Å². The van der Waals surface area contributed by atoms with Crippen LogP contribution in [0, 0.1) is 0 Å². The molecular formula is C16H24N2O4S. The number of amides is 1. The molecule has 0 spiro atoms. The lowest BCUT2D eigenvalue weighted by atomic mass is 9.95. The Morgan fingerprint density at radius 1 is 1.26 bits per heavy atom. The summed E-state index contributed by atoms with van der Waals surface area (Å²) < 4.78 is 28.4. The van der Waals surface area contributed by atoms with E-state index in [1.165, 1.54) is 4.90 Å². The summed E-state index contributed by atoms with van der Waals surface area (Å²) in [5.41, 5.74) is 0.930. The Labute approximate surface area is 137 Å². The number of carbonyl (C=O) groups excluding carboxylic acids is 1. The van der Waals surface area contributed by atoms with Crippen LogP contribution in [0.3, 0.4) is 0 Å². The standard InChI is InChI=1S/C16H24N2O4S/c1-18(12-13-4-6-14(22-2)7-5-13)15(19)16(23(3,20)21)8-10-17-11-9-16/h4-7,17H,8-12H2,1-3H3. The minimum absolute atomic E-state index is 0.317. The lowest BCUT2D eigenvalue weighted by Gasteiger charge is -2.37. The molecule has 1 amide bonds. The predicted molar refractivity (Wildman–Crippen MR) is 89.1 cm³/mol. The Kier molecular flexibility index (Phi) is 5.31. The summed E-state index contributed by atoms with van der Waals surface area (Å²) in [5, 5.41) is 3.12. The van der Waals surface area contributed by atoms with Crippen molar-refractivity contribution in [3.8, 4) is 5.75 Å². The van der Waals surface area contributed by atoms with E-state index in [1.54, 1.807) is 14.2 Å². The number of rotatable bonds is 5. The van der Waals surface area contributed by atoms with Crippen molar-refractivity contribution in [1.29, 1.82) is 0 Å². The molecule has 1 aliphatic rings. The Morgan fingerprint density at radius 3 is 2.30 bits per heavy atom. The maximum absolute atomic E-state index is 12.9. The molecule has 23 heavy (non-hydrogen) atoms. The van der Waals surface area contributed by atoms with Crippen LogP contribution < -0.4 is 10.1 Å². The molecule has 1 heterocycles. The lowest BCUT2D eigenvalue weighted by molar-refractivity contribution is -0.134. The van der Waals surface area contributed by atoms with Crippen LogP contribution >= 0.6 is 0 Å². The molecule has 0 radical (unpaired) electrons. The van der Waals surface area contributed by atoms with E-state index >= 15 is 0 Å². The van der Waals surface area contributed by atoms with Crippen LogP contribution in [0.4, 0.5) is 0 Å². The number of methoxy groups -OCH3 is 1. The van der Waals surface area contributed by atoms with Crippen LogP contribution in [-0.2, 0) is 21.2 Å². The van der Waals surface area contributed by atoms with Crippen LogP contribution in [0.2, 0.25) is 0 Å². The summed E-state index contributed by atoms with van der Waals surface area (Å²) in [7, 11) is -0.237. The fourth-order valence-electron chi connectivity index (χ4n) is 3.00. The molecule has 7 heteroatoms. The number of carbonyl (C=O) groups is 1. The zero-order valence-corrected chi connectivity index (χ0v) is 14.6. The van der Waals surface area contributed by atoms with Gasteiger partial charge < -0.3 is 15.0 Å². The molecule has 0 saturated carbocycles. The first kappa shape index (κ1) is 17.7. The van der Waals surface area contributed by atoms with E-state index in [1.807, 2.05) is 24.3 Å². The zero-order valence-electron chi connectivity index (χ0n) is 13.8. The highest BCUT2D eigenvalue weighted by molar-refractivity contribution is 7.92. The largest absolute Gasteiger partial charge is 0.497 e. The lowest BCUT2D eigenvalue weighted by Crippen LogP contribution is -2.57. The molecule has 0 aliphatic carbocycles. The fraction of sp³-hybridized carbons (Fsp3) is 0.562. The van der Waals surface area contributed by atoms with E-state index in [4.69, 9.17) is 4.74 Å². The van der Waals surface area contributed by atoms with Gasteiger partial charge in [-0.15, -0.1) is 0 Å². The molecule has 0 bridgehead atoms. The van der Waals surface area contributed by atoms with E-state index in [-0.39, 0.29) is 5.91 Å². The Balaban J connectivity index is 2.18. The van der Waals surface area contributed by atoms with Crippen molar-refractivity contribution in [2.24, 2.45) is 0 Å². The Morgan fingerprint density at radius 2 is 1.83 bits per heavy atom. The van der Waals surface area contributed by atoms with Gasteiger partial charge in [0, 0.05) is 19.8 Å². The quantitative estimate of drug-likeness (QED) is 0.859. The number of benzene rings is 1. The maximum atomic E-state index is 12.9. The van der Waals surface area contributed by atoms with E-state index in [0.717, 1.165) is 17.6 Å². The van der Waals surface area contributed by atoms with Gasteiger partial charge in [0.2, 0.25) is 5.91 Å². The second-order valence-electron chi connectivity index (χ2n) is 6.03. The first-order chi connectivity index (χ1) is 10.8. The van der Waals surface area contributed by atoms with Crippen LogP contribution in [0.1, 0.15) is 18.4 Å². The molecule has 1 saturated heterocycles. The first-order valence-electron chi connectivity index (χ1n) is 7.59. The number of hydrogen-bond acceptors (Lipinski definition) is 5. The second kappa shape index (κ2) is 6.88. The number of sulfone groups is 1. The molecule has 128 valence electrons. The van der Waals surface area contributed by atoms with Crippen molar-refractivity contribution in [2.45, 2.75) is 24.1 Å². The summed E-state index contributed by atoms with van der Waals surface area (Å²) >= 11 is 0. The van der Waals surface area contributed by atoms with Gasteiger partial charge in [-0.05, 0) is 43.6 Å². The molecular weight excluding hydrogens is 316 g/mol. The molecule has 1 fully saturated rings. The molecule has 1 aliphatic heterocycles. The van der Waals surface area contributed by atoms with Crippen LogP contribution in [0.25, 0.3) is 0 Å². The molecule has 6 nitrogen and oxygen atoms in total. The fourth-order valence-corrected chi connectivity index (χ4v) is 4.42. The topological polar surface area (TPSA) is 75.7 Å². The summed E-state index contributed by atoms with van der Waals surface area (Å²) in [4.78, 5) is 14.4. The van der Waals surface area contributed by atoms with Crippen LogP contribution in [0.5, 0.6) is 5.75 Å². The first-order valence-corrected chi connectivity index (χ1v) is 9.48. The molecule has 0 unspecified atom stereocenters. The van der Waals surface area contributed by atoms with E-state index < -0.39 is 14.6 Å². The van der Waals surface area contributed by atoms with Gasteiger partial charge in [-0.1, -0.05) is 12.1 Å². The van der Waals surface area contributed by atoms with Crippen molar-refractivity contribution in [3.63, 3.8) is 0 Å². The Hall–Kier alpha value is -1.60. The number of nitrogens with zero attached hydrogens (tertiary/aromatic N) is 1. The van der Waals surface area contributed by atoms with Gasteiger partial charge in [0.25, 0.3) is 0 Å². The number of piperidine rings is 1. The summed E-state index contributed by atoms with van der Waals surface area (Å²) in [5.74, 6) is 0.422. The third-order valence-electron chi connectivity index (χ3n) is 4.44. The van der Waals surface area contributed by atoms with Crippen LogP contribution in [-0.4, -0.2) is 57.5 Å². The molecule has 2 rings (SSSR count). The summed E-state index contributed by atoms with van der Waals surface area (Å²) in [6.45, 7) is 1.44. The van der Waals surface area contributed by atoms with E-state index in [2.05, 4.69) is 5.32 Å². The monoisotopic (exact) mass is 340 g/mol. The van der Waals surface area contributed by atoms with Gasteiger partial charge in [-0.25, -0.2) is 8.42 Å². The highest BCUT2D eigenvalue weighted by Gasteiger charge is 2.49. The molecule has 0 aromatic heterocycles. The zero-order chi connectivity index (χ0) is 17.1. The highest BCUT2D eigenvalue weighted by Crippen LogP contribution is 2.30. The Bertz CT molecular complexity index is 649. The third kappa shape index (κ3) is 3.67. The number of ether oxygens (including phenoxy) is 1. The summed E-state index contributed by atoms with van der Waals surface area (Å²) in [6, 6.07) is 7.39. The third-order valence-corrected chi connectivity index (χ3v) is 6.44. The summed E-state index contributed by atoms with van der Waals surface area (Å²) in [6.07, 6.45) is 1.80. The predicted octanol–water partition coefficient (Wildman–Crippen LogP) is 0.820. The van der Waals surface area contributed by atoms with Gasteiger partial charge >= 0.3 is 0 Å². The minimum Gasteiger partial charge on any atom is -0.497 e. The maximum Gasteiger partial charge on any atom is 0.244 e. The minimum atomic E-state index is -3.49. The van der Waals surface area contributed by atoms with Crippen LogP contribution in [0.15, 0.2) is 24.3 Å². The van der Waals surface area contributed by atoms with Crippen molar-refractivity contribution in [2.75, 3.05) is 33.5 Å². The average molecular weight is 340 g/mol. The smallest absolute Gasteiger partial charge is 0.244 e. The van der Waals surface area contributed by atoms with E-state index in [0.29, 0.717) is 32.5 Å². The van der Waals surface area contributed by atoms with Gasteiger partial charge in [0.05, 0.1) is 7.11 Å². The number of nitrogens with one attached hydrogen (secondary N) is 1. The molecule has 1 aromatic rings. The number of hydrogen-bond donors (Lipinski definition) is 1. The van der Waals surface area contributed by atoms with Gasteiger partial charge in [0.15, 0.2) is 14.6 Å². The van der Waals surface area contributed by atoms with Crippen molar-refractivity contribution in [3.05, 3.63) is 29.8 Å². The van der Waals surface area contributed by atoms with Crippen molar-refractivity contribution < 1.29 is 17.9 Å². The highest BCUT2D eigenvalue weighted by atomic mass is 32.2. The SMILES string of the molecule is COc1ccc(CN(C)C(=O)C2(S(C)(=O)=O)CCNCC2)cc1.